The van der Waals surface area contributed by atoms with E-state index in [1.807, 2.05) is 0 Å². The molecule has 1 aliphatic heterocycles. The summed E-state index contributed by atoms with van der Waals surface area (Å²) in [7, 11) is 0. The van der Waals surface area contributed by atoms with Crippen LogP contribution in [0.1, 0.15) is 12.8 Å². The summed E-state index contributed by atoms with van der Waals surface area (Å²) in [5.41, 5.74) is 0. The highest BCUT2D eigenvalue weighted by Crippen LogP contribution is 2.08. The number of rotatable bonds is 2. The van der Waals surface area contributed by atoms with Crippen molar-refractivity contribution in [2.75, 3.05) is 13.1 Å². The van der Waals surface area contributed by atoms with Gasteiger partial charge in [0.25, 0.3) is 0 Å². The molecule has 0 bridgehead atoms. The van der Waals surface area contributed by atoms with Crippen LogP contribution in [0.5, 0.6) is 0 Å². The molecule has 16 heavy (non-hydrogen) atoms. The van der Waals surface area contributed by atoms with E-state index in [1.54, 1.807) is 21.9 Å². The van der Waals surface area contributed by atoms with Crippen LogP contribution >= 0.6 is 11.6 Å². The number of likely N-dealkylation sites (tertiary alicyclic amines) is 1. The minimum Gasteiger partial charge on any atom is -0.332 e. The molecule has 0 radical (unpaired) electrons. The maximum Gasteiger partial charge on any atom is 0.223 e. The van der Waals surface area contributed by atoms with Crippen molar-refractivity contribution < 1.29 is 4.79 Å². The molecule has 1 saturated heterocycles. The first-order chi connectivity index (χ1) is 7.77. The van der Waals surface area contributed by atoms with Gasteiger partial charge >= 0.3 is 0 Å². The number of halogens is 1. The fourth-order valence-corrected chi connectivity index (χ4v) is 1.76. The van der Waals surface area contributed by atoms with Gasteiger partial charge in [-0.05, 0) is 18.0 Å². The van der Waals surface area contributed by atoms with Gasteiger partial charge in [0.15, 0.2) is 0 Å². The zero-order valence-corrected chi connectivity index (χ0v) is 9.57. The molecule has 1 fully saturated rings. The summed E-state index contributed by atoms with van der Waals surface area (Å²) in [5.74, 6) is 6.15. The molecule has 84 valence electrons. The van der Waals surface area contributed by atoms with E-state index in [1.165, 1.54) is 0 Å². The maximum atomic E-state index is 11.3. The van der Waals surface area contributed by atoms with E-state index in [4.69, 9.17) is 11.6 Å². The fraction of sp³-hybridized carbons (Fsp3) is 0.455. The van der Waals surface area contributed by atoms with Crippen molar-refractivity contribution in [3.8, 4) is 11.8 Å². The number of aromatic nitrogens is 2. The lowest BCUT2D eigenvalue weighted by atomic mass is 10.4. The number of nitrogens with zero attached hydrogens (tertiary/aromatic N) is 3. The van der Waals surface area contributed by atoms with Gasteiger partial charge in [-0.2, -0.15) is 0 Å². The highest BCUT2D eigenvalue weighted by atomic mass is 35.5. The monoisotopic (exact) mass is 237 g/mol. The van der Waals surface area contributed by atoms with E-state index >= 15 is 0 Å². The third-order valence-electron chi connectivity index (χ3n) is 2.48. The van der Waals surface area contributed by atoms with Crippen molar-refractivity contribution in [2.24, 2.45) is 0 Å². The summed E-state index contributed by atoms with van der Waals surface area (Å²) in [5, 5.41) is 0.437. The molecule has 2 heterocycles. The molecule has 5 heteroatoms. The van der Waals surface area contributed by atoms with Crippen LogP contribution in [0.2, 0.25) is 5.28 Å². The maximum absolute atomic E-state index is 11.3. The predicted molar refractivity (Wildman–Crippen MR) is 60.8 cm³/mol. The van der Waals surface area contributed by atoms with Crippen LogP contribution in [0.4, 0.5) is 0 Å². The first kappa shape index (κ1) is 11.0. The summed E-state index contributed by atoms with van der Waals surface area (Å²) >= 11 is 5.79. The second kappa shape index (κ2) is 5.04. The molecule has 0 aliphatic carbocycles. The van der Waals surface area contributed by atoms with Crippen molar-refractivity contribution in [2.45, 2.75) is 19.4 Å². The lowest BCUT2D eigenvalue weighted by molar-refractivity contribution is -0.127. The van der Waals surface area contributed by atoms with Crippen molar-refractivity contribution in [1.82, 2.24) is 14.5 Å². The first-order valence-electron chi connectivity index (χ1n) is 5.17. The Morgan fingerprint density at radius 2 is 2.25 bits per heavy atom. The van der Waals surface area contributed by atoms with E-state index in [0.29, 0.717) is 24.8 Å². The lowest BCUT2D eigenvalue weighted by Crippen LogP contribution is -2.24. The Balaban J connectivity index is 1.82. The summed E-state index contributed by atoms with van der Waals surface area (Å²) in [6.07, 6.45) is 5.02. The van der Waals surface area contributed by atoms with Gasteiger partial charge < -0.3 is 9.47 Å². The Bertz CT molecular complexity index is 444. The number of amides is 1. The molecule has 4 nitrogen and oxygen atoms in total. The number of imidazole rings is 1. The molecular weight excluding hydrogens is 226 g/mol. The van der Waals surface area contributed by atoms with Gasteiger partial charge in [0.1, 0.15) is 0 Å². The van der Waals surface area contributed by atoms with E-state index < -0.39 is 0 Å². The van der Waals surface area contributed by atoms with Crippen molar-refractivity contribution in [3.05, 3.63) is 17.7 Å². The molecule has 0 unspecified atom stereocenters. The Morgan fingerprint density at radius 1 is 1.44 bits per heavy atom. The van der Waals surface area contributed by atoms with Crippen LogP contribution in [0.25, 0.3) is 0 Å². The van der Waals surface area contributed by atoms with E-state index in [2.05, 4.69) is 16.8 Å². The average Bonchev–Trinajstić information content (AvgIpc) is 2.84. The Hall–Kier alpha value is -1.47. The molecule has 1 aliphatic rings. The van der Waals surface area contributed by atoms with Crippen molar-refractivity contribution >= 4 is 17.5 Å². The summed E-state index contributed by atoms with van der Waals surface area (Å²) in [4.78, 5) is 16.9. The van der Waals surface area contributed by atoms with Gasteiger partial charge in [-0.1, -0.05) is 11.8 Å². The molecule has 0 N–H and O–H groups in total. The van der Waals surface area contributed by atoms with Crippen molar-refractivity contribution in [1.29, 1.82) is 0 Å². The zero-order valence-electron chi connectivity index (χ0n) is 8.82. The number of carbonyl (C=O) groups excluding carboxylic acids is 1. The quantitative estimate of drug-likeness (QED) is 0.724. The van der Waals surface area contributed by atoms with Crippen LogP contribution < -0.4 is 0 Å². The van der Waals surface area contributed by atoms with E-state index in [-0.39, 0.29) is 5.91 Å². The molecule has 0 saturated carbocycles. The normalized spacial score (nSPS) is 15.1. The Labute approximate surface area is 99.2 Å². The summed E-state index contributed by atoms with van der Waals surface area (Å²) < 4.78 is 1.75. The molecule has 1 aromatic heterocycles. The van der Waals surface area contributed by atoms with Gasteiger partial charge in [-0.3, -0.25) is 4.79 Å². The first-order valence-corrected chi connectivity index (χ1v) is 5.55. The van der Waals surface area contributed by atoms with Gasteiger partial charge in [-0.15, -0.1) is 0 Å². The van der Waals surface area contributed by atoms with E-state index in [9.17, 15) is 4.79 Å². The minimum absolute atomic E-state index is 0.204. The topological polar surface area (TPSA) is 38.1 Å². The summed E-state index contributed by atoms with van der Waals surface area (Å²) in [6, 6.07) is 0. The van der Waals surface area contributed by atoms with Crippen LogP contribution in [-0.2, 0) is 11.3 Å². The largest absolute Gasteiger partial charge is 0.332 e. The lowest BCUT2D eigenvalue weighted by Gasteiger charge is -2.09. The third-order valence-corrected chi connectivity index (χ3v) is 2.80. The number of carbonyl (C=O) groups is 1. The highest BCUT2D eigenvalue weighted by molar-refractivity contribution is 6.28. The standard InChI is InChI=1S/C11H12ClN3O/c12-11-13-5-9-15(11)7-2-1-6-14-8-3-4-10(14)16/h5,9H,3-4,6-8H2. The molecule has 0 spiro atoms. The average molecular weight is 238 g/mol. The molecular formula is C11H12ClN3O. The van der Waals surface area contributed by atoms with Crippen LogP contribution in [0.15, 0.2) is 12.4 Å². The number of hydrogen-bond donors (Lipinski definition) is 0. The van der Waals surface area contributed by atoms with Gasteiger partial charge in [0.05, 0.1) is 13.1 Å². The Kier molecular flexibility index (Phi) is 3.47. The zero-order chi connectivity index (χ0) is 11.4. The predicted octanol–water partition coefficient (Wildman–Crippen LogP) is 1.16. The number of hydrogen-bond acceptors (Lipinski definition) is 2. The second-order valence-corrected chi connectivity index (χ2v) is 3.93. The van der Waals surface area contributed by atoms with Crippen LogP contribution in [0.3, 0.4) is 0 Å². The van der Waals surface area contributed by atoms with E-state index in [0.717, 1.165) is 13.0 Å². The van der Waals surface area contributed by atoms with Crippen molar-refractivity contribution in [3.63, 3.8) is 0 Å². The fourth-order valence-electron chi connectivity index (χ4n) is 1.59. The molecule has 0 aromatic carbocycles. The third kappa shape index (κ3) is 2.56. The molecule has 1 aromatic rings. The van der Waals surface area contributed by atoms with Gasteiger partial charge in [0.2, 0.25) is 11.2 Å². The Morgan fingerprint density at radius 3 is 2.88 bits per heavy atom. The highest BCUT2D eigenvalue weighted by Gasteiger charge is 2.18. The van der Waals surface area contributed by atoms with Crippen LogP contribution in [0, 0.1) is 11.8 Å². The summed E-state index contributed by atoms with van der Waals surface area (Å²) in [6.45, 7) is 1.87. The molecule has 1 amide bonds. The molecule has 0 atom stereocenters. The van der Waals surface area contributed by atoms with Gasteiger partial charge in [-0.25, -0.2) is 4.98 Å². The van der Waals surface area contributed by atoms with Gasteiger partial charge in [0, 0.05) is 25.4 Å². The SMILES string of the molecule is O=C1CCCN1CC#CCn1ccnc1Cl. The second-order valence-electron chi connectivity index (χ2n) is 3.60. The minimum atomic E-state index is 0.204. The molecule has 2 rings (SSSR count). The smallest absolute Gasteiger partial charge is 0.223 e. The van der Waals surface area contributed by atoms with Crippen LogP contribution in [-0.4, -0.2) is 33.4 Å².